The summed E-state index contributed by atoms with van der Waals surface area (Å²) in [5.74, 6) is 0.261. The first kappa shape index (κ1) is 13.4. The molecule has 19 heavy (non-hydrogen) atoms. The molecule has 0 aliphatic carbocycles. The second-order valence-electron chi connectivity index (χ2n) is 4.13. The minimum absolute atomic E-state index is 0.261. The number of oxime groups is 1. The molecule has 0 aliphatic heterocycles. The van der Waals surface area contributed by atoms with Gasteiger partial charge < -0.3 is 9.94 Å². The van der Waals surface area contributed by atoms with Crippen molar-refractivity contribution in [3.05, 3.63) is 64.2 Å². The van der Waals surface area contributed by atoms with Crippen LogP contribution < -0.4 is 0 Å². The first-order valence-electron chi connectivity index (χ1n) is 5.79. The van der Waals surface area contributed by atoms with Crippen molar-refractivity contribution in [1.29, 1.82) is 0 Å². The van der Waals surface area contributed by atoms with Crippen LogP contribution in [-0.2, 0) is 4.84 Å². The molecule has 0 unspecified atom stereocenters. The van der Waals surface area contributed by atoms with Crippen molar-refractivity contribution in [2.45, 2.75) is 6.92 Å². The van der Waals surface area contributed by atoms with Crippen LogP contribution in [0.15, 0.2) is 47.6 Å². The third kappa shape index (κ3) is 3.06. The lowest BCUT2D eigenvalue weighted by molar-refractivity contribution is 0.214. The Balaban J connectivity index is 2.48. The molecule has 1 N–H and O–H groups in total. The van der Waals surface area contributed by atoms with Gasteiger partial charge >= 0.3 is 0 Å². The van der Waals surface area contributed by atoms with E-state index in [0.717, 1.165) is 16.7 Å². The molecule has 0 bridgehead atoms. The number of phenolic OH excluding ortho intramolecular Hbond substituents is 1. The summed E-state index contributed by atoms with van der Waals surface area (Å²) in [7, 11) is 1.50. The quantitative estimate of drug-likeness (QED) is 0.685. The molecule has 0 aromatic heterocycles. The largest absolute Gasteiger partial charge is 0.508 e. The van der Waals surface area contributed by atoms with Crippen LogP contribution >= 0.6 is 11.6 Å². The highest BCUT2D eigenvalue weighted by molar-refractivity contribution is 6.30. The van der Waals surface area contributed by atoms with Gasteiger partial charge in [0.1, 0.15) is 18.6 Å². The number of hydrogen-bond donors (Lipinski definition) is 1. The summed E-state index contributed by atoms with van der Waals surface area (Å²) in [5.41, 5.74) is 3.26. The van der Waals surface area contributed by atoms with Crippen LogP contribution in [0.4, 0.5) is 0 Å². The summed E-state index contributed by atoms with van der Waals surface area (Å²) in [6, 6.07) is 12.7. The minimum atomic E-state index is 0.261. The van der Waals surface area contributed by atoms with Crippen molar-refractivity contribution in [2.75, 3.05) is 7.11 Å². The fourth-order valence-corrected chi connectivity index (χ4v) is 1.90. The highest BCUT2D eigenvalue weighted by Gasteiger charge is 2.09. The number of aromatic hydroxyl groups is 1. The molecule has 3 nitrogen and oxygen atoms in total. The van der Waals surface area contributed by atoms with Crippen LogP contribution in [0, 0.1) is 6.92 Å². The lowest BCUT2D eigenvalue weighted by Gasteiger charge is -2.08. The second kappa shape index (κ2) is 5.76. The van der Waals surface area contributed by atoms with Crippen molar-refractivity contribution >= 4 is 17.3 Å². The first-order valence-corrected chi connectivity index (χ1v) is 6.16. The zero-order valence-electron chi connectivity index (χ0n) is 10.7. The SMILES string of the molecule is CON=C(c1ccc(Cl)cc1)c1ccc(O)c(C)c1. The standard InChI is InChI=1S/C15H14ClNO2/c1-10-9-12(5-8-14(10)18)15(17-19-2)11-3-6-13(16)7-4-11/h3-9,18H,1-2H3. The molecule has 0 heterocycles. The third-order valence-corrected chi connectivity index (χ3v) is 3.02. The van der Waals surface area contributed by atoms with Crippen LogP contribution in [0.3, 0.4) is 0 Å². The van der Waals surface area contributed by atoms with Gasteiger partial charge in [0, 0.05) is 16.1 Å². The average molecular weight is 276 g/mol. The van der Waals surface area contributed by atoms with E-state index in [4.69, 9.17) is 16.4 Å². The van der Waals surface area contributed by atoms with Crippen molar-refractivity contribution in [2.24, 2.45) is 5.16 Å². The first-order chi connectivity index (χ1) is 9.11. The number of phenols is 1. The van der Waals surface area contributed by atoms with Gasteiger partial charge in [-0.3, -0.25) is 0 Å². The topological polar surface area (TPSA) is 41.8 Å². The van der Waals surface area contributed by atoms with Gasteiger partial charge in [0.2, 0.25) is 0 Å². The van der Waals surface area contributed by atoms with E-state index >= 15 is 0 Å². The Morgan fingerprint density at radius 1 is 1.11 bits per heavy atom. The molecule has 0 spiro atoms. The maximum atomic E-state index is 9.57. The van der Waals surface area contributed by atoms with E-state index in [2.05, 4.69) is 5.16 Å². The molecule has 2 aromatic carbocycles. The number of halogens is 1. The second-order valence-corrected chi connectivity index (χ2v) is 4.57. The highest BCUT2D eigenvalue weighted by atomic mass is 35.5. The minimum Gasteiger partial charge on any atom is -0.508 e. The van der Waals surface area contributed by atoms with Gasteiger partial charge in [0.05, 0.1) is 0 Å². The van der Waals surface area contributed by atoms with Gasteiger partial charge in [-0.25, -0.2) is 0 Å². The summed E-state index contributed by atoms with van der Waals surface area (Å²) in [5, 5.41) is 14.3. The molecule has 0 amide bonds. The smallest absolute Gasteiger partial charge is 0.118 e. The molecule has 0 saturated heterocycles. The van der Waals surface area contributed by atoms with Gasteiger partial charge in [0.25, 0.3) is 0 Å². The van der Waals surface area contributed by atoms with Crippen molar-refractivity contribution < 1.29 is 9.94 Å². The fraction of sp³-hybridized carbons (Fsp3) is 0.133. The van der Waals surface area contributed by atoms with Crippen LogP contribution in [-0.4, -0.2) is 17.9 Å². The molecule has 0 fully saturated rings. The van der Waals surface area contributed by atoms with Crippen LogP contribution in [0.25, 0.3) is 0 Å². The lowest BCUT2D eigenvalue weighted by atomic mass is 10.0. The zero-order chi connectivity index (χ0) is 13.8. The number of nitrogens with zero attached hydrogens (tertiary/aromatic N) is 1. The number of hydrogen-bond acceptors (Lipinski definition) is 3. The molecule has 2 rings (SSSR count). The third-order valence-electron chi connectivity index (χ3n) is 2.77. The summed E-state index contributed by atoms with van der Waals surface area (Å²) < 4.78 is 0. The van der Waals surface area contributed by atoms with E-state index in [1.807, 2.05) is 25.1 Å². The van der Waals surface area contributed by atoms with E-state index < -0.39 is 0 Å². The highest BCUT2D eigenvalue weighted by Crippen LogP contribution is 2.20. The van der Waals surface area contributed by atoms with Crippen molar-refractivity contribution in [3.8, 4) is 5.75 Å². The zero-order valence-corrected chi connectivity index (χ0v) is 11.5. The molecule has 0 atom stereocenters. The van der Waals surface area contributed by atoms with Gasteiger partial charge in [-0.05, 0) is 42.8 Å². The average Bonchev–Trinajstić information content (AvgIpc) is 2.41. The molecular formula is C15H14ClNO2. The molecular weight excluding hydrogens is 262 g/mol. The monoisotopic (exact) mass is 275 g/mol. The Hall–Kier alpha value is -2.00. The van der Waals surface area contributed by atoms with E-state index in [1.165, 1.54) is 7.11 Å². The van der Waals surface area contributed by atoms with Gasteiger partial charge in [-0.15, -0.1) is 0 Å². The molecule has 0 radical (unpaired) electrons. The fourth-order valence-electron chi connectivity index (χ4n) is 1.77. The Bertz CT molecular complexity index is 606. The van der Waals surface area contributed by atoms with E-state index in [-0.39, 0.29) is 5.75 Å². The molecule has 4 heteroatoms. The lowest BCUT2D eigenvalue weighted by Crippen LogP contribution is -2.04. The van der Waals surface area contributed by atoms with Crippen LogP contribution in [0.1, 0.15) is 16.7 Å². The van der Waals surface area contributed by atoms with Gasteiger partial charge in [-0.2, -0.15) is 0 Å². The molecule has 0 aliphatic rings. The molecule has 2 aromatic rings. The van der Waals surface area contributed by atoms with E-state index in [9.17, 15) is 5.11 Å². The maximum absolute atomic E-state index is 9.57. The summed E-state index contributed by atoms with van der Waals surface area (Å²) in [4.78, 5) is 4.91. The normalized spacial score (nSPS) is 11.4. The van der Waals surface area contributed by atoms with Crippen molar-refractivity contribution in [3.63, 3.8) is 0 Å². The summed E-state index contributed by atoms with van der Waals surface area (Å²) in [6.45, 7) is 1.84. The Labute approximate surface area is 117 Å². The Kier molecular flexibility index (Phi) is 4.07. The molecule has 0 saturated carbocycles. The van der Waals surface area contributed by atoms with Crippen LogP contribution in [0.2, 0.25) is 5.02 Å². The summed E-state index contributed by atoms with van der Waals surface area (Å²) >= 11 is 5.88. The Morgan fingerprint density at radius 3 is 2.32 bits per heavy atom. The van der Waals surface area contributed by atoms with Crippen LogP contribution in [0.5, 0.6) is 5.75 Å². The number of benzene rings is 2. The maximum Gasteiger partial charge on any atom is 0.118 e. The molecule has 98 valence electrons. The van der Waals surface area contributed by atoms with E-state index in [0.29, 0.717) is 10.7 Å². The predicted molar refractivity (Wildman–Crippen MR) is 76.9 cm³/mol. The predicted octanol–water partition coefficient (Wildman–Crippen LogP) is 3.75. The number of rotatable bonds is 3. The van der Waals surface area contributed by atoms with Gasteiger partial charge in [-0.1, -0.05) is 28.9 Å². The van der Waals surface area contributed by atoms with Gasteiger partial charge in [0.15, 0.2) is 0 Å². The van der Waals surface area contributed by atoms with Crippen molar-refractivity contribution in [1.82, 2.24) is 0 Å². The number of aryl methyl sites for hydroxylation is 1. The summed E-state index contributed by atoms with van der Waals surface area (Å²) in [6.07, 6.45) is 0. The van der Waals surface area contributed by atoms with E-state index in [1.54, 1.807) is 24.3 Å². The Morgan fingerprint density at radius 2 is 1.74 bits per heavy atom.